The van der Waals surface area contributed by atoms with Gasteiger partial charge in [0.25, 0.3) is 0 Å². The molecule has 2 rings (SSSR count). The minimum absolute atomic E-state index is 0.00819. The molecular formula is C14H13FO2. The number of rotatable bonds is 2. The first-order valence-electron chi connectivity index (χ1n) is 5.26. The van der Waals surface area contributed by atoms with E-state index in [-0.39, 0.29) is 11.6 Å². The SMILES string of the molecule is COc1ccc(-c2cccc(C)c2F)c(O)c1. The Balaban J connectivity index is 2.57. The first-order chi connectivity index (χ1) is 8.13. The lowest BCUT2D eigenvalue weighted by molar-refractivity contribution is 0.408. The molecule has 0 saturated heterocycles. The van der Waals surface area contributed by atoms with E-state index in [9.17, 15) is 9.50 Å². The second-order valence-electron chi connectivity index (χ2n) is 3.82. The Hall–Kier alpha value is -2.03. The van der Waals surface area contributed by atoms with Gasteiger partial charge in [-0.05, 0) is 24.6 Å². The molecular weight excluding hydrogens is 219 g/mol. The predicted octanol–water partition coefficient (Wildman–Crippen LogP) is 3.52. The largest absolute Gasteiger partial charge is 0.507 e. The molecule has 2 nitrogen and oxygen atoms in total. The van der Waals surface area contributed by atoms with Crippen LogP contribution in [0.5, 0.6) is 11.5 Å². The molecule has 0 heterocycles. The van der Waals surface area contributed by atoms with Crippen molar-refractivity contribution in [3.05, 3.63) is 47.8 Å². The molecule has 0 aliphatic carbocycles. The van der Waals surface area contributed by atoms with E-state index in [1.807, 2.05) is 0 Å². The summed E-state index contributed by atoms with van der Waals surface area (Å²) in [5.41, 5.74) is 1.41. The van der Waals surface area contributed by atoms with Crippen LogP contribution in [-0.4, -0.2) is 12.2 Å². The van der Waals surface area contributed by atoms with E-state index in [4.69, 9.17) is 4.74 Å². The summed E-state index contributed by atoms with van der Waals surface area (Å²) in [6, 6.07) is 9.90. The molecule has 1 N–H and O–H groups in total. The van der Waals surface area contributed by atoms with Crippen LogP contribution >= 0.6 is 0 Å². The Morgan fingerprint density at radius 3 is 2.53 bits per heavy atom. The molecule has 0 saturated carbocycles. The molecule has 0 fully saturated rings. The molecule has 0 aliphatic rings. The van der Waals surface area contributed by atoms with Gasteiger partial charge in [-0.1, -0.05) is 18.2 Å². The summed E-state index contributed by atoms with van der Waals surface area (Å²) in [4.78, 5) is 0. The summed E-state index contributed by atoms with van der Waals surface area (Å²) in [5.74, 6) is 0.237. The zero-order chi connectivity index (χ0) is 12.4. The van der Waals surface area contributed by atoms with Crippen LogP contribution in [0.3, 0.4) is 0 Å². The molecule has 0 radical (unpaired) electrons. The van der Waals surface area contributed by atoms with Gasteiger partial charge in [0.1, 0.15) is 17.3 Å². The normalized spacial score (nSPS) is 10.3. The minimum Gasteiger partial charge on any atom is -0.507 e. The van der Waals surface area contributed by atoms with Crippen molar-refractivity contribution < 1.29 is 14.2 Å². The Kier molecular flexibility index (Phi) is 3.00. The quantitative estimate of drug-likeness (QED) is 0.858. The fourth-order valence-electron chi connectivity index (χ4n) is 1.72. The molecule has 0 aliphatic heterocycles. The van der Waals surface area contributed by atoms with Gasteiger partial charge in [0.2, 0.25) is 0 Å². The summed E-state index contributed by atoms with van der Waals surface area (Å²) in [6.07, 6.45) is 0. The van der Waals surface area contributed by atoms with E-state index < -0.39 is 0 Å². The summed E-state index contributed by atoms with van der Waals surface area (Å²) in [7, 11) is 1.52. The Morgan fingerprint density at radius 2 is 1.88 bits per heavy atom. The van der Waals surface area contributed by atoms with Crippen LogP contribution in [0.25, 0.3) is 11.1 Å². The van der Waals surface area contributed by atoms with Gasteiger partial charge in [-0.15, -0.1) is 0 Å². The van der Waals surface area contributed by atoms with Crippen molar-refractivity contribution in [3.63, 3.8) is 0 Å². The van der Waals surface area contributed by atoms with Crippen molar-refractivity contribution in [3.8, 4) is 22.6 Å². The highest BCUT2D eigenvalue weighted by Crippen LogP contribution is 2.34. The van der Waals surface area contributed by atoms with Crippen molar-refractivity contribution in [1.82, 2.24) is 0 Å². The standard InChI is InChI=1S/C14H13FO2/c1-9-4-3-5-12(14(9)15)11-7-6-10(17-2)8-13(11)16/h3-8,16H,1-2H3. The number of methoxy groups -OCH3 is 1. The van der Waals surface area contributed by atoms with E-state index in [2.05, 4.69) is 0 Å². The van der Waals surface area contributed by atoms with Crippen LogP contribution in [0, 0.1) is 12.7 Å². The molecule has 0 bridgehead atoms. The highest BCUT2D eigenvalue weighted by Gasteiger charge is 2.11. The lowest BCUT2D eigenvalue weighted by Gasteiger charge is -2.09. The number of aryl methyl sites for hydroxylation is 1. The number of hydrogen-bond acceptors (Lipinski definition) is 2. The van der Waals surface area contributed by atoms with Crippen LogP contribution in [-0.2, 0) is 0 Å². The van der Waals surface area contributed by atoms with E-state index >= 15 is 0 Å². The van der Waals surface area contributed by atoms with Crippen LogP contribution in [0.2, 0.25) is 0 Å². The monoisotopic (exact) mass is 232 g/mol. The summed E-state index contributed by atoms with van der Waals surface area (Å²) >= 11 is 0. The fourth-order valence-corrected chi connectivity index (χ4v) is 1.72. The second-order valence-corrected chi connectivity index (χ2v) is 3.82. The van der Waals surface area contributed by atoms with Crippen molar-refractivity contribution in [1.29, 1.82) is 0 Å². The lowest BCUT2D eigenvalue weighted by Crippen LogP contribution is -1.89. The van der Waals surface area contributed by atoms with E-state index in [1.165, 1.54) is 13.2 Å². The highest BCUT2D eigenvalue weighted by molar-refractivity contribution is 5.72. The molecule has 3 heteroatoms. The number of phenols is 1. The van der Waals surface area contributed by atoms with Crippen molar-refractivity contribution in [2.45, 2.75) is 6.92 Å². The number of aromatic hydroxyl groups is 1. The van der Waals surface area contributed by atoms with Crippen LogP contribution in [0.4, 0.5) is 4.39 Å². The van der Waals surface area contributed by atoms with Gasteiger partial charge in [-0.3, -0.25) is 0 Å². The van der Waals surface area contributed by atoms with Crippen molar-refractivity contribution >= 4 is 0 Å². The summed E-state index contributed by atoms with van der Waals surface area (Å²) in [5, 5.41) is 9.84. The Bertz CT molecular complexity index is 550. The molecule has 0 unspecified atom stereocenters. The number of benzene rings is 2. The summed E-state index contributed by atoms with van der Waals surface area (Å²) < 4.78 is 18.9. The third-order valence-corrected chi connectivity index (χ3v) is 2.69. The fraction of sp³-hybridized carbons (Fsp3) is 0.143. The smallest absolute Gasteiger partial charge is 0.134 e. The van der Waals surface area contributed by atoms with Crippen molar-refractivity contribution in [2.75, 3.05) is 7.11 Å². The van der Waals surface area contributed by atoms with Crippen molar-refractivity contribution in [2.24, 2.45) is 0 Å². The number of phenolic OH excluding ortho intramolecular Hbond substituents is 1. The number of ether oxygens (including phenoxy) is 1. The van der Waals surface area contributed by atoms with E-state index in [0.29, 0.717) is 22.4 Å². The maximum absolute atomic E-state index is 13.9. The van der Waals surface area contributed by atoms with Gasteiger partial charge in [-0.25, -0.2) is 4.39 Å². The van der Waals surface area contributed by atoms with Crippen LogP contribution in [0.1, 0.15) is 5.56 Å². The molecule has 0 amide bonds. The maximum atomic E-state index is 13.9. The van der Waals surface area contributed by atoms with Gasteiger partial charge < -0.3 is 9.84 Å². The zero-order valence-corrected chi connectivity index (χ0v) is 9.70. The maximum Gasteiger partial charge on any atom is 0.134 e. The Labute approximate surface area is 99.3 Å². The minimum atomic E-state index is -0.312. The second kappa shape index (κ2) is 4.45. The molecule has 17 heavy (non-hydrogen) atoms. The third kappa shape index (κ3) is 2.09. The molecule has 0 atom stereocenters. The van der Waals surface area contributed by atoms with Crippen LogP contribution < -0.4 is 4.74 Å². The highest BCUT2D eigenvalue weighted by atomic mass is 19.1. The summed E-state index contributed by atoms with van der Waals surface area (Å²) in [6.45, 7) is 1.69. The first-order valence-corrected chi connectivity index (χ1v) is 5.26. The third-order valence-electron chi connectivity index (χ3n) is 2.69. The number of hydrogen-bond donors (Lipinski definition) is 1. The van der Waals surface area contributed by atoms with Gasteiger partial charge in [-0.2, -0.15) is 0 Å². The van der Waals surface area contributed by atoms with E-state index in [0.717, 1.165) is 0 Å². The first kappa shape index (κ1) is 11.5. The number of halogens is 1. The molecule has 2 aromatic carbocycles. The van der Waals surface area contributed by atoms with Gasteiger partial charge in [0, 0.05) is 17.2 Å². The van der Waals surface area contributed by atoms with Gasteiger partial charge in [0.05, 0.1) is 7.11 Å². The molecule has 0 aromatic heterocycles. The topological polar surface area (TPSA) is 29.5 Å². The van der Waals surface area contributed by atoms with Crippen LogP contribution in [0.15, 0.2) is 36.4 Å². The molecule has 88 valence electrons. The Morgan fingerprint density at radius 1 is 1.12 bits per heavy atom. The average molecular weight is 232 g/mol. The molecule has 2 aromatic rings. The average Bonchev–Trinajstić information content (AvgIpc) is 2.33. The predicted molar refractivity (Wildman–Crippen MR) is 64.8 cm³/mol. The van der Waals surface area contributed by atoms with Gasteiger partial charge >= 0.3 is 0 Å². The zero-order valence-electron chi connectivity index (χ0n) is 9.70. The lowest BCUT2D eigenvalue weighted by atomic mass is 10.0. The van der Waals surface area contributed by atoms with Gasteiger partial charge in [0.15, 0.2) is 0 Å². The van der Waals surface area contributed by atoms with E-state index in [1.54, 1.807) is 37.3 Å². The molecule has 0 spiro atoms.